The minimum Gasteiger partial charge on any atom is -0.478 e. The summed E-state index contributed by atoms with van der Waals surface area (Å²) in [6.07, 6.45) is 0. The number of nitrogens with zero attached hydrogens (tertiary/aromatic N) is 1. The number of carbonyl (C=O) groups is 1. The summed E-state index contributed by atoms with van der Waals surface area (Å²) in [6, 6.07) is 13.0. The number of aryl methyl sites for hydroxylation is 1. The lowest BCUT2D eigenvalue weighted by Crippen LogP contribution is -2.17. The molecule has 4 heteroatoms. The number of halogens is 1. The van der Waals surface area contributed by atoms with E-state index in [1.807, 2.05) is 38.2 Å². The molecular formula is C17H18ClNO2. The van der Waals surface area contributed by atoms with E-state index in [0.717, 1.165) is 34.8 Å². The fourth-order valence-corrected chi connectivity index (χ4v) is 2.49. The molecule has 0 unspecified atom stereocenters. The van der Waals surface area contributed by atoms with Gasteiger partial charge in [-0.1, -0.05) is 35.9 Å². The summed E-state index contributed by atoms with van der Waals surface area (Å²) >= 11 is 6.24. The molecule has 2 rings (SSSR count). The monoisotopic (exact) mass is 303 g/mol. The summed E-state index contributed by atoms with van der Waals surface area (Å²) in [7, 11) is 2.02. The van der Waals surface area contributed by atoms with Crippen molar-refractivity contribution in [3.05, 3.63) is 69.7 Å². The highest BCUT2D eigenvalue weighted by atomic mass is 35.5. The SMILES string of the molecule is Cc1ccc(CN(C)Cc2ccc(C(=O)O)cc2)c(Cl)c1. The smallest absolute Gasteiger partial charge is 0.335 e. The molecular weight excluding hydrogens is 286 g/mol. The highest BCUT2D eigenvalue weighted by Crippen LogP contribution is 2.19. The second-order valence-electron chi connectivity index (χ2n) is 5.27. The van der Waals surface area contributed by atoms with Gasteiger partial charge < -0.3 is 5.11 Å². The maximum Gasteiger partial charge on any atom is 0.335 e. The molecule has 0 saturated carbocycles. The molecule has 0 amide bonds. The van der Waals surface area contributed by atoms with Crippen LogP contribution in [0.3, 0.4) is 0 Å². The van der Waals surface area contributed by atoms with Gasteiger partial charge in [0.05, 0.1) is 5.56 Å². The van der Waals surface area contributed by atoms with Gasteiger partial charge in [-0.05, 0) is 48.9 Å². The number of aromatic carboxylic acids is 1. The Balaban J connectivity index is 2.01. The topological polar surface area (TPSA) is 40.5 Å². The van der Waals surface area contributed by atoms with Gasteiger partial charge in [0.15, 0.2) is 0 Å². The van der Waals surface area contributed by atoms with E-state index < -0.39 is 5.97 Å². The van der Waals surface area contributed by atoms with E-state index in [4.69, 9.17) is 16.7 Å². The van der Waals surface area contributed by atoms with Gasteiger partial charge >= 0.3 is 5.97 Å². The van der Waals surface area contributed by atoms with Crippen LogP contribution in [-0.2, 0) is 13.1 Å². The Kier molecular flexibility index (Phi) is 4.99. The third-order valence-corrected chi connectivity index (χ3v) is 3.65. The van der Waals surface area contributed by atoms with Gasteiger partial charge in [-0.3, -0.25) is 4.90 Å². The van der Waals surface area contributed by atoms with E-state index in [2.05, 4.69) is 11.0 Å². The molecule has 21 heavy (non-hydrogen) atoms. The summed E-state index contributed by atoms with van der Waals surface area (Å²) < 4.78 is 0. The Hall–Kier alpha value is -1.84. The molecule has 0 radical (unpaired) electrons. The Labute approximate surface area is 129 Å². The number of hydrogen-bond acceptors (Lipinski definition) is 2. The quantitative estimate of drug-likeness (QED) is 0.908. The molecule has 0 spiro atoms. The molecule has 0 aliphatic carbocycles. The number of carboxylic acid groups (broad SMARTS) is 1. The lowest BCUT2D eigenvalue weighted by atomic mass is 10.1. The van der Waals surface area contributed by atoms with Crippen LogP contribution in [0, 0.1) is 6.92 Å². The van der Waals surface area contributed by atoms with Gasteiger partial charge in [0.1, 0.15) is 0 Å². The van der Waals surface area contributed by atoms with Crippen molar-refractivity contribution >= 4 is 17.6 Å². The average Bonchev–Trinajstić information content (AvgIpc) is 2.42. The summed E-state index contributed by atoms with van der Waals surface area (Å²) in [5, 5.41) is 9.66. The van der Waals surface area contributed by atoms with Crippen molar-refractivity contribution in [3.8, 4) is 0 Å². The van der Waals surface area contributed by atoms with Gasteiger partial charge in [0.2, 0.25) is 0 Å². The number of rotatable bonds is 5. The molecule has 2 aromatic carbocycles. The van der Waals surface area contributed by atoms with Crippen molar-refractivity contribution in [1.29, 1.82) is 0 Å². The van der Waals surface area contributed by atoms with E-state index in [1.165, 1.54) is 0 Å². The van der Waals surface area contributed by atoms with Crippen molar-refractivity contribution in [2.75, 3.05) is 7.05 Å². The summed E-state index contributed by atoms with van der Waals surface area (Å²) in [5.41, 5.74) is 3.62. The zero-order chi connectivity index (χ0) is 15.4. The van der Waals surface area contributed by atoms with E-state index >= 15 is 0 Å². The zero-order valence-corrected chi connectivity index (χ0v) is 12.9. The Morgan fingerprint density at radius 2 is 1.81 bits per heavy atom. The van der Waals surface area contributed by atoms with Crippen molar-refractivity contribution in [2.24, 2.45) is 0 Å². The van der Waals surface area contributed by atoms with E-state index in [9.17, 15) is 4.79 Å². The van der Waals surface area contributed by atoms with Crippen LogP contribution in [0.5, 0.6) is 0 Å². The Bertz CT molecular complexity index is 638. The molecule has 0 atom stereocenters. The maximum atomic E-state index is 10.8. The Morgan fingerprint density at radius 3 is 2.38 bits per heavy atom. The molecule has 0 fully saturated rings. The van der Waals surface area contributed by atoms with Crippen LogP contribution in [0.2, 0.25) is 5.02 Å². The average molecular weight is 304 g/mol. The molecule has 110 valence electrons. The van der Waals surface area contributed by atoms with Gasteiger partial charge in [-0.2, -0.15) is 0 Å². The summed E-state index contributed by atoms with van der Waals surface area (Å²) in [5.74, 6) is -0.902. The minimum absolute atomic E-state index is 0.308. The second kappa shape index (κ2) is 6.74. The van der Waals surface area contributed by atoms with Gasteiger partial charge in [0, 0.05) is 18.1 Å². The first-order chi connectivity index (χ1) is 9.95. The first kappa shape index (κ1) is 15.5. The third kappa shape index (κ3) is 4.31. The maximum absolute atomic E-state index is 10.8. The first-order valence-corrected chi connectivity index (χ1v) is 7.09. The van der Waals surface area contributed by atoms with Crippen LogP contribution in [0.15, 0.2) is 42.5 Å². The normalized spacial score (nSPS) is 10.9. The number of hydrogen-bond donors (Lipinski definition) is 1. The second-order valence-corrected chi connectivity index (χ2v) is 5.68. The highest BCUT2D eigenvalue weighted by Gasteiger charge is 2.07. The fourth-order valence-electron chi connectivity index (χ4n) is 2.19. The van der Waals surface area contributed by atoms with Crippen LogP contribution in [0.1, 0.15) is 27.0 Å². The van der Waals surface area contributed by atoms with Crippen molar-refractivity contribution in [2.45, 2.75) is 20.0 Å². The van der Waals surface area contributed by atoms with Crippen LogP contribution in [0.4, 0.5) is 0 Å². The summed E-state index contributed by atoms with van der Waals surface area (Å²) in [6.45, 7) is 3.51. The Morgan fingerprint density at radius 1 is 1.14 bits per heavy atom. The van der Waals surface area contributed by atoms with Gasteiger partial charge in [0.25, 0.3) is 0 Å². The van der Waals surface area contributed by atoms with Crippen LogP contribution in [-0.4, -0.2) is 23.0 Å². The molecule has 2 aromatic rings. The first-order valence-electron chi connectivity index (χ1n) is 6.71. The predicted octanol–water partition coefficient (Wildman–Crippen LogP) is 3.98. The van der Waals surface area contributed by atoms with E-state index in [-0.39, 0.29) is 0 Å². The van der Waals surface area contributed by atoms with Crippen LogP contribution >= 0.6 is 11.6 Å². The number of carboxylic acids is 1. The molecule has 3 nitrogen and oxygen atoms in total. The standard InChI is InChI=1S/C17H18ClNO2/c1-12-3-6-15(16(18)9-12)11-19(2)10-13-4-7-14(8-5-13)17(20)21/h3-9H,10-11H2,1-2H3,(H,20,21). The lowest BCUT2D eigenvalue weighted by molar-refractivity contribution is 0.0697. The van der Waals surface area contributed by atoms with Crippen molar-refractivity contribution < 1.29 is 9.90 Å². The van der Waals surface area contributed by atoms with Gasteiger partial charge in [-0.25, -0.2) is 4.79 Å². The van der Waals surface area contributed by atoms with Crippen LogP contribution in [0.25, 0.3) is 0 Å². The molecule has 0 heterocycles. The van der Waals surface area contributed by atoms with E-state index in [0.29, 0.717) is 5.56 Å². The molecule has 0 saturated heterocycles. The van der Waals surface area contributed by atoms with Crippen molar-refractivity contribution in [1.82, 2.24) is 4.90 Å². The third-order valence-electron chi connectivity index (χ3n) is 3.30. The van der Waals surface area contributed by atoms with Crippen LogP contribution < -0.4 is 0 Å². The molecule has 0 aromatic heterocycles. The zero-order valence-electron chi connectivity index (χ0n) is 12.1. The number of benzene rings is 2. The van der Waals surface area contributed by atoms with Gasteiger partial charge in [-0.15, -0.1) is 0 Å². The van der Waals surface area contributed by atoms with Crippen molar-refractivity contribution in [3.63, 3.8) is 0 Å². The molecule has 0 aliphatic heterocycles. The summed E-state index contributed by atoms with van der Waals surface area (Å²) in [4.78, 5) is 13.0. The molecule has 0 bridgehead atoms. The van der Waals surface area contributed by atoms with E-state index in [1.54, 1.807) is 12.1 Å². The lowest BCUT2D eigenvalue weighted by Gasteiger charge is -2.18. The predicted molar refractivity (Wildman–Crippen MR) is 84.8 cm³/mol. The highest BCUT2D eigenvalue weighted by molar-refractivity contribution is 6.31. The molecule has 0 aliphatic rings. The fraction of sp³-hybridized carbons (Fsp3) is 0.235. The minimum atomic E-state index is -0.902. The largest absolute Gasteiger partial charge is 0.478 e. The molecule has 1 N–H and O–H groups in total.